The lowest BCUT2D eigenvalue weighted by Gasteiger charge is -2.35. The number of piperidine rings is 1. The van der Waals surface area contributed by atoms with Crippen LogP contribution in [0, 0.1) is 12.8 Å². The summed E-state index contributed by atoms with van der Waals surface area (Å²) in [5.74, 6) is 1.66. The molecule has 1 aliphatic rings. The molecule has 4 nitrogen and oxygen atoms in total. The fourth-order valence-electron chi connectivity index (χ4n) is 2.47. The lowest BCUT2D eigenvalue weighted by molar-refractivity contribution is 0.378. The summed E-state index contributed by atoms with van der Waals surface area (Å²) >= 11 is 1.73. The molecule has 0 aliphatic carbocycles. The number of nitrogens with zero attached hydrogens (tertiary/aromatic N) is 3. The van der Waals surface area contributed by atoms with Gasteiger partial charge in [-0.1, -0.05) is 6.92 Å². The Morgan fingerprint density at radius 1 is 1.44 bits per heavy atom. The van der Waals surface area contributed by atoms with Crippen LogP contribution in [0.1, 0.15) is 18.9 Å². The first kappa shape index (κ1) is 11.9. The fraction of sp³-hybridized carbons (Fsp3) is 0.538. The van der Waals surface area contributed by atoms with Gasteiger partial charge >= 0.3 is 0 Å². The van der Waals surface area contributed by atoms with Crippen molar-refractivity contribution in [1.82, 2.24) is 9.97 Å². The quantitative estimate of drug-likeness (QED) is 0.856. The van der Waals surface area contributed by atoms with Crippen LogP contribution >= 0.6 is 11.3 Å². The van der Waals surface area contributed by atoms with Crippen LogP contribution in [0.2, 0.25) is 0 Å². The van der Waals surface area contributed by atoms with Crippen molar-refractivity contribution in [2.24, 2.45) is 11.7 Å². The molecule has 1 fully saturated rings. The highest BCUT2D eigenvalue weighted by Crippen LogP contribution is 2.32. The van der Waals surface area contributed by atoms with E-state index >= 15 is 0 Å². The predicted molar refractivity (Wildman–Crippen MR) is 76.1 cm³/mol. The molecular weight excluding hydrogens is 244 g/mol. The van der Waals surface area contributed by atoms with Crippen molar-refractivity contribution in [2.75, 3.05) is 18.0 Å². The minimum absolute atomic E-state index is 0.241. The molecule has 0 spiro atoms. The molecule has 3 heterocycles. The lowest BCUT2D eigenvalue weighted by Crippen LogP contribution is -2.47. The number of nitrogens with two attached hydrogens (primary N) is 1. The maximum Gasteiger partial charge on any atom is 0.150 e. The zero-order valence-electron chi connectivity index (χ0n) is 10.8. The maximum atomic E-state index is 6.17. The average molecular weight is 262 g/mol. The third kappa shape index (κ3) is 1.87. The monoisotopic (exact) mass is 262 g/mol. The number of aromatic nitrogens is 2. The van der Waals surface area contributed by atoms with Gasteiger partial charge in [-0.2, -0.15) is 0 Å². The molecule has 0 bridgehead atoms. The van der Waals surface area contributed by atoms with E-state index in [4.69, 9.17) is 5.73 Å². The third-order valence-electron chi connectivity index (χ3n) is 3.83. The van der Waals surface area contributed by atoms with Crippen molar-refractivity contribution >= 4 is 27.4 Å². The molecule has 2 atom stereocenters. The molecule has 0 aromatic carbocycles. The first-order chi connectivity index (χ1) is 8.66. The molecule has 2 aromatic heterocycles. The van der Waals surface area contributed by atoms with Gasteiger partial charge in [0.25, 0.3) is 0 Å². The molecule has 1 aliphatic heterocycles. The van der Waals surface area contributed by atoms with Gasteiger partial charge in [-0.05, 0) is 30.2 Å². The van der Waals surface area contributed by atoms with Crippen molar-refractivity contribution in [1.29, 1.82) is 0 Å². The predicted octanol–water partition coefficient (Wildman–Crippen LogP) is 2.17. The number of rotatable bonds is 1. The summed E-state index contributed by atoms with van der Waals surface area (Å²) in [5, 5.41) is 2.15. The lowest BCUT2D eigenvalue weighted by atomic mass is 9.94. The summed E-state index contributed by atoms with van der Waals surface area (Å²) in [6.07, 6.45) is 2.80. The van der Waals surface area contributed by atoms with Crippen LogP contribution in [0.3, 0.4) is 0 Å². The number of hydrogen-bond acceptors (Lipinski definition) is 5. The second-order valence-electron chi connectivity index (χ2n) is 5.17. The molecule has 2 aromatic rings. The van der Waals surface area contributed by atoms with Crippen LogP contribution in [0.4, 0.5) is 5.82 Å². The first-order valence-corrected chi connectivity index (χ1v) is 7.24. The Morgan fingerprint density at radius 2 is 2.28 bits per heavy atom. The van der Waals surface area contributed by atoms with E-state index < -0.39 is 0 Å². The Labute approximate surface area is 111 Å². The van der Waals surface area contributed by atoms with E-state index in [9.17, 15) is 0 Å². The SMILES string of the molecule is Cc1csc2c(N3CCC(C)C(N)C3)ncnc12. The van der Waals surface area contributed by atoms with Gasteiger partial charge in [0.1, 0.15) is 12.1 Å². The molecule has 5 heteroatoms. The topological polar surface area (TPSA) is 55.0 Å². The summed E-state index contributed by atoms with van der Waals surface area (Å²) in [6.45, 7) is 6.26. The van der Waals surface area contributed by atoms with Crippen LogP contribution in [0.25, 0.3) is 10.2 Å². The molecular formula is C13H18N4S. The number of fused-ring (bicyclic) bond motifs is 1. The molecule has 3 rings (SSSR count). The Kier molecular flexibility index (Phi) is 2.95. The van der Waals surface area contributed by atoms with Crippen LogP contribution in [0.15, 0.2) is 11.7 Å². The second kappa shape index (κ2) is 4.48. The highest BCUT2D eigenvalue weighted by molar-refractivity contribution is 7.18. The zero-order valence-corrected chi connectivity index (χ0v) is 11.6. The van der Waals surface area contributed by atoms with Crippen LogP contribution in [-0.2, 0) is 0 Å². The minimum atomic E-state index is 0.241. The van der Waals surface area contributed by atoms with Gasteiger partial charge < -0.3 is 10.6 Å². The number of aryl methyl sites for hydroxylation is 1. The molecule has 2 N–H and O–H groups in total. The largest absolute Gasteiger partial charge is 0.354 e. The van der Waals surface area contributed by atoms with Crippen LogP contribution in [-0.4, -0.2) is 29.1 Å². The first-order valence-electron chi connectivity index (χ1n) is 6.36. The Balaban J connectivity index is 1.99. The van der Waals surface area contributed by atoms with Crippen molar-refractivity contribution in [3.63, 3.8) is 0 Å². The van der Waals surface area contributed by atoms with E-state index in [0.717, 1.165) is 30.8 Å². The highest BCUT2D eigenvalue weighted by atomic mass is 32.1. The van der Waals surface area contributed by atoms with E-state index in [1.165, 1.54) is 10.3 Å². The smallest absolute Gasteiger partial charge is 0.150 e. The Morgan fingerprint density at radius 3 is 3.06 bits per heavy atom. The second-order valence-corrected chi connectivity index (χ2v) is 6.05. The standard InChI is InChI=1S/C13H18N4S/c1-8-3-4-17(5-10(8)14)13-12-11(15-7-16-13)9(2)6-18-12/h6-8,10H,3-5,14H2,1-2H3. The number of anilines is 1. The van der Waals surface area contributed by atoms with Gasteiger partial charge in [0.05, 0.1) is 10.2 Å². The van der Waals surface area contributed by atoms with Gasteiger partial charge in [-0.3, -0.25) is 0 Å². The average Bonchev–Trinajstić information content (AvgIpc) is 2.75. The number of hydrogen-bond donors (Lipinski definition) is 1. The molecule has 18 heavy (non-hydrogen) atoms. The van der Waals surface area contributed by atoms with Gasteiger partial charge in [0, 0.05) is 19.1 Å². The molecule has 1 saturated heterocycles. The van der Waals surface area contributed by atoms with E-state index in [0.29, 0.717) is 5.92 Å². The van der Waals surface area contributed by atoms with Crippen molar-refractivity contribution in [2.45, 2.75) is 26.3 Å². The molecule has 96 valence electrons. The van der Waals surface area contributed by atoms with Gasteiger partial charge in [-0.15, -0.1) is 11.3 Å². The Bertz CT molecular complexity index is 565. The summed E-state index contributed by atoms with van der Waals surface area (Å²) < 4.78 is 1.19. The number of thiophene rings is 1. The minimum Gasteiger partial charge on any atom is -0.354 e. The molecule has 2 unspecified atom stereocenters. The third-order valence-corrected chi connectivity index (χ3v) is 4.91. The van der Waals surface area contributed by atoms with E-state index in [1.807, 2.05) is 0 Å². The highest BCUT2D eigenvalue weighted by Gasteiger charge is 2.25. The Hall–Kier alpha value is -1.20. The van der Waals surface area contributed by atoms with Crippen LogP contribution in [0.5, 0.6) is 0 Å². The van der Waals surface area contributed by atoms with E-state index in [-0.39, 0.29) is 6.04 Å². The fourth-order valence-corrected chi connectivity index (χ4v) is 3.49. The molecule has 0 radical (unpaired) electrons. The van der Waals surface area contributed by atoms with Gasteiger partial charge in [0.2, 0.25) is 0 Å². The van der Waals surface area contributed by atoms with Gasteiger partial charge in [-0.25, -0.2) is 9.97 Å². The van der Waals surface area contributed by atoms with E-state index in [2.05, 4.69) is 34.1 Å². The van der Waals surface area contributed by atoms with Crippen molar-refractivity contribution in [3.8, 4) is 0 Å². The van der Waals surface area contributed by atoms with Crippen LogP contribution < -0.4 is 10.6 Å². The summed E-state index contributed by atoms with van der Waals surface area (Å²) in [7, 11) is 0. The summed E-state index contributed by atoms with van der Waals surface area (Å²) in [5.41, 5.74) is 8.48. The molecule has 0 amide bonds. The van der Waals surface area contributed by atoms with Crippen molar-refractivity contribution in [3.05, 3.63) is 17.3 Å². The maximum absolute atomic E-state index is 6.17. The zero-order chi connectivity index (χ0) is 12.7. The normalized spacial score (nSPS) is 24.7. The summed E-state index contributed by atoms with van der Waals surface area (Å²) in [6, 6.07) is 0.241. The molecule has 0 saturated carbocycles. The van der Waals surface area contributed by atoms with Gasteiger partial charge in [0.15, 0.2) is 0 Å². The van der Waals surface area contributed by atoms with Crippen molar-refractivity contribution < 1.29 is 0 Å². The summed E-state index contributed by atoms with van der Waals surface area (Å²) in [4.78, 5) is 11.2. The van der Waals surface area contributed by atoms with E-state index in [1.54, 1.807) is 17.7 Å².